The van der Waals surface area contributed by atoms with E-state index in [-0.39, 0.29) is 10.9 Å². The van der Waals surface area contributed by atoms with E-state index in [2.05, 4.69) is 15.3 Å². The fourth-order valence-corrected chi connectivity index (χ4v) is 2.76. The summed E-state index contributed by atoms with van der Waals surface area (Å²) in [5.74, 6) is 0.505. The zero-order valence-electron chi connectivity index (χ0n) is 12.2. The Balaban J connectivity index is 2.25. The molecule has 0 unspecified atom stereocenters. The van der Waals surface area contributed by atoms with E-state index in [0.717, 1.165) is 5.56 Å². The van der Waals surface area contributed by atoms with Gasteiger partial charge >= 0.3 is 0 Å². The third-order valence-corrected chi connectivity index (χ3v) is 4.86. The lowest BCUT2D eigenvalue weighted by Gasteiger charge is -2.16. The van der Waals surface area contributed by atoms with Crippen LogP contribution < -0.4 is 5.32 Å². The van der Waals surface area contributed by atoms with Crippen molar-refractivity contribution in [1.29, 1.82) is 0 Å². The lowest BCUT2D eigenvalue weighted by molar-refractivity contribution is 0.520. The Morgan fingerprint density at radius 2 is 1.81 bits per heavy atom. The number of sulfonamides is 1. The van der Waals surface area contributed by atoms with Crippen LogP contribution in [0.5, 0.6) is 0 Å². The number of nitrogens with zero attached hydrogens (tertiary/aromatic N) is 3. The Morgan fingerprint density at radius 1 is 1.14 bits per heavy atom. The summed E-state index contributed by atoms with van der Waals surface area (Å²) in [7, 11) is -0.401. The van der Waals surface area contributed by atoms with Crippen LogP contribution in [0.4, 0.5) is 5.95 Å². The van der Waals surface area contributed by atoms with E-state index in [1.807, 2.05) is 13.0 Å². The van der Waals surface area contributed by atoms with E-state index >= 15 is 0 Å². The van der Waals surface area contributed by atoms with Crippen molar-refractivity contribution in [2.24, 2.45) is 0 Å². The molecule has 0 saturated carbocycles. The molecule has 0 aliphatic heterocycles. The average molecular weight is 306 g/mol. The van der Waals surface area contributed by atoms with E-state index in [4.69, 9.17) is 0 Å². The smallest absolute Gasteiger partial charge is 0.242 e. The standard InChI is InChI=1S/C14H18N4O2S/c1-11(17-14-15-8-5-9-16-14)12-6-4-7-13(10-12)21(19,20)18(2)3/h4-11H,1-3H3,(H,15,16,17)/t11-/m0/s1. The summed E-state index contributed by atoms with van der Waals surface area (Å²) in [5, 5.41) is 3.14. The Morgan fingerprint density at radius 3 is 2.43 bits per heavy atom. The van der Waals surface area contributed by atoms with Crippen LogP contribution in [-0.4, -0.2) is 36.8 Å². The molecule has 0 saturated heterocycles. The topological polar surface area (TPSA) is 75.2 Å². The molecule has 1 aromatic carbocycles. The zero-order chi connectivity index (χ0) is 15.5. The van der Waals surface area contributed by atoms with Crippen LogP contribution >= 0.6 is 0 Å². The maximum atomic E-state index is 12.1. The first-order chi connectivity index (χ1) is 9.91. The fourth-order valence-electron chi connectivity index (χ4n) is 1.81. The number of hydrogen-bond acceptors (Lipinski definition) is 5. The average Bonchev–Trinajstić information content (AvgIpc) is 2.48. The third kappa shape index (κ3) is 3.56. The van der Waals surface area contributed by atoms with Gasteiger partial charge in [-0.3, -0.25) is 0 Å². The van der Waals surface area contributed by atoms with Crippen LogP contribution in [0, 0.1) is 0 Å². The van der Waals surface area contributed by atoms with Gasteiger partial charge in [-0.05, 0) is 30.7 Å². The highest BCUT2D eigenvalue weighted by Crippen LogP contribution is 2.21. The van der Waals surface area contributed by atoms with E-state index in [1.165, 1.54) is 18.4 Å². The van der Waals surface area contributed by atoms with Crippen LogP contribution in [0.1, 0.15) is 18.5 Å². The number of aromatic nitrogens is 2. The molecule has 0 amide bonds. The molecule has 1 heterocycles. The molecule has 0 bridgehead atoms. The highest BCUT2D eigenvalue weighted by Gasteiger charge is 2.18. The number of anilines is 1. The first-order valence-electron chi connectivity index (χ1n) is 6.47. The van der Waals surface area contributed by atoms with Gasteiger partial charge in [-0.25, -0.2) is 22.7 Å². The number of nitrogens with one attached hydrogen (secondary N) is 1. The van der Waals surface area contributed by atoms with Crippen LogP contribution in [0.2, 0.25) is 0 Å². The zero-order valence-corrected chi connectivity index (χ0v) is 13.0. The maximum absolute atomic E-state index is 12.1. The quantitative estimate of drug-likeness (QED) is 0.913. The van der Waals surface area contributed by atoms with E-state index in [9.17, 15) is 8.42 Å². The SMILES string of the molecule is C[C@H](Nc1ncccn1)c1cccc(S(=O)(=O)N(C)C)c1. The van der Waals surface area contributed by atoms with Gasteiger partial charge in [0.1, 0.15) is 0 Å². The van der Waals surface area contributed by atoms with E-state index < -0.39 is 10.0 Å². The van der Waals surface area contributed by atoms with Crippen LogP contribution in [0.25, 0.3) is 0 Å². The number of hydrogen-bond donors (Lipinski definition) is 1. The van der Waals surface area contributed by atoms with E-state index in [0.29, 0.717) is 5.95 Å². The van der Waals surface area contributed by atoms with Gasteiger partial charge in [0.25, 0.3) is 0 Å². The van der Waals surface area contributed by atoms with Crippen molar-refractivity contribution in [3.63, 3.8) is 0 Å². The molecule has 6 nitrogen and oxygen atoms in total. The van der Waals surface area contributed by atoms with Gasteiger partial charge in [0, 0.05) is 26.5 Å². The van der Waals surface area contributed by atoms with Crippen LogP contribution in [0.3, 0.4) is 0 Å². The molecular weight excluding hydrogens is 288 g/mol. The van der Waals surface area contributed by atoms with Gasteiger partial charge in [-0.15, -0.1) is 0 Å². The molecule has 21 heavy (non-hydrogen) atoms. The van der Waals surface area contributed by atoms with E-state index in [1.54, 1.807) is 36.7 Å². The molecule has 0 fully saturated rings. The largest absolute Gasteiger partial charge is 0.348 e. The summed E-state index contributed by atoms with van der Waals surface area (Å²) in [6.07, 6.45) is 3.30. The fraction of sp³-hybridized carbons (Fsp3) is 0.286. The first-order valence-corrected chi connectivity index (χ1v) is 7.91. The van der Waals surface area contributed by atoms with Crippen molar-refractivity contribution >= 4 is 16.0 Å². The molecule has 1 atom stereocenters. The number of benzene rings is 1. The molecule has 112 valence electrons. The third-order valence-electron chi connectivity index (χ3n) is 3.05. The molecule has 2 aromatic rings. The molecule has 0 radical (unpaired) electrons. The summed E-state index contributed by atoms with van der Waals surface area (Å²) in [6, 6.07) is 8.48. The molecule has 0 aliphatic carbocycles. The lowest BCUT2D eigenvalue weighted by atomic mass is 10.1. The first kappa shape index (κ1) is 15.4. The highest BCUT2D eigenvalue weighted by molar-refractivity contribution is 7.89. The summed E-state index contributed by atoms with van der Waals surface area (Å²) in [4.78, 5) is 8.46. The number of rotatable bonds is 5. The van der Waals surface area contributed by atoms with Crippen molar-refractivity contribution in [3.8, 4) is 0 Å². The molecule has 2 rings (SSSR count). The van der Waals surface area contributed by atoms with Crippen molar-refractivity contribution in [2.45, 2.75) is 17.9 Å². The van der Waals surface area contributed by atoms with Crippen molar-refractivity contribution < 1.29 is 8.42 Å². The normalized spacial score (nSPS) is 13.1. The van der Waals surface area contributed by atoms with Gasteiger partial charge in [-0.2, -0.15) is 0 Å². The minimum absolute atomic E-state index is 0.107. The van der Waals surface area contributed by atoms with Crippen LogP contribution in [-0.2, 0) is 10.0 Å². The van der Waals surface area contributed by atoms with Gasteiger partial charge in [0.05, 0.1) is 10.9 Å². The molecule has 0 aliphatic rings. The Kier molecular flexibility index (Phi) is 4.54. The van der Waals surface area contributed by atoms with Crippen molar-refractivity contribution in [3.05, 3.63) is 48.3 Å². The molecule has 1 aromatic heterocycles. The van der Waals surface area contributed by atoms with Gasteiger partial charge < -0.3 is 5.32 Å². The lowest BCUT2D eigenvalue weighted by Crippen LogP contribution is -2.22. The highest BCUT2D eigenvalue weighted by atomic mass is 32.2. The molecule has 0 spiro atoms. The summed E-state index contributed by atoms with van der Waals surface area (Å²) in [5.41, 5.74) is 0.852. The van der Waals surface area contributed by atoms with Gasteiger partial charge in [0.2, 0.25) is 16.0 Å². The predicted octanol–water partition coefficient (Wildman–Crippen LogP) is 1.90. The molecular formula is C14H18N4O2S. The maximum Gasteiger partial charge on any atom is 0.242 e. The predicted molar refractivity (Wildman–Crippen MR) is 81.4 cm³/mol. The minimum atomic E-state index is -3.43. The van der Waals surface area contributed by atoms with Gasteiger partial charge in [0.15, 0.2) is 0 Å². The van der Waals surface area contributed by atoms with Crippen molar-refractivity contribution in [1.82, 2.24) is 14.3 Å². The Labute approximate surface area is 124 Å². The Hall–Kier alpha value is -1.99. The van der Waals surface area contributed by atoms with Crippen LogP contribution in [0.15, 0.2) is 47.6 Å². The Bertz CT molecular complexity index is 702. The second kappa shape index (κ2) is 6.19. The molecule has 7 heteroatoms. The monoisotopic (exact) mass is 306 g/mol. The minimum Gasteiger partial charge on any atom is -0.348 e. The second-order valence-corrected chi connectivity index (χ2v) is 6.95. The summed E-state index contributed by atoms with van der Waals surface area (Å²) < 4.78 is 25.5. The molecule has 1 N–H and O–H groups in total. The van der Waals surface area contributed by atoms with Crippen molar-refractivity contribution in [2.75, 3.05) is 19.4 Å². The second-order valence-electron chi connectivity index (χ2n) is 4.80. The summed E-state index contributed by atoms with van der Waals surface area (Å²) in [6.45, 7) is 1.93. The van der Waals surface area contributed by atoms with Gasteiger partial charge in [-0.1, -0.05) is 12.1 Å². The summed E-state index contributed by atoms with van der Waals surface area (Å²) >= 11 is 0.